The summed E-state index contributed by atoms with van der Waals surface area (Å²) in [4.78, 5) is 10.8. The van der Waals surface area contributed by atoms with Crippen molar-refractivity contribution >= 4 is 22.7 Å². The van der Waals surface area contributed by atoms with Gasteiger partial charge in [0, 0.05) is 42.9 Å². The van der Waals surface area contributed by atoms with Crippen LogP contribution < -0.4 is 0 Å². The Morgan fingerprint density at radius 2 is 2.21 bits per heavy atom. The second kappa shape index (κ2) is 8.64. The molecule has 5 nitrogen and oxygen atoms in total. The summed E-state index contributed by atoms with van der Waals surface area (Å²) in [5, 5.41) is 12.1. The molecule has 1 aromatic heterocycles. The number of fused-ring (bicyclic) bond motifs is 1. The van der Waals surface area contributed by atoms with Gasteiger partial charge in [-0.3, -0.25) is 10.1 Å². The van der Waals surface area contributed by atoms with Gasteiger partial charge in [-0.15, -0.1) is 0 Å². The summed E-state index contributed by atoms with van der Waals surface area (Å²) in [5.74, 6) is 0.576. The number of aromatic nitrogens is 1. The molecule has 5 heteroatoms. The third-order valence-electron chi connectivity index (χ3n) is 4.20. The third kappa shape index (κ3) is 4.45. The van der Waals surface area contributed by atoms with Crippen LogP contribution in [0.4, 0.5) is 5.69 Å². The van der Waals surface area contributed by atoms with E-state index in [1.165, 1.54) is 19.3 Å². The van der Waals surface area contributed by atoms with E-state index < -0.39 is 0 Å². The molecule has 0 fully saturated rings. The summed E-state index contributed by atoms with van der Waals surface area (Å²) in [6, 6.07) is 5.25. The smallest absolute Gasteiger partial charge is 0.270 e. The van der Waals surface area contributed by atoms with Crippen LogP contribution in [0.25, 0.3) is 17.0 Å². The van der Waals surface area contributed by atoms with E-state index in [0.29, 0.717) is 12.5 Å². The highest BCUT2D eigenvalue weighted by Gasteiger charge is 2.14. The topological polar surface area (TPSA) is 57.3 Å². The normalized spacial score (nSPS) is 13.0. The number of methoxy groups -OCH3 is 1. The molecule has 130 valence electrons. The first-order chi connectivity index (χ1) is 11.6. The Hall–Kier alpha value is -2.14. The second-order valence-corrected chi connectivity index (χ2v) is 6.30. The van der Waals surface area contributed by atoms with Gasteiger partial charge in [-0.05, 0) is 18.4 Å². The van der Waals surface area contributed by atoms with E-state index in [9.17, 15) is 10.1 Å². The van der Waals surface area contributed by atoms with E-state index in [2.05, 4.69) is 18.4 Å². The Morgan fingerprint density at radius 1 is 1.42 bits per heavy atom. The predicted octanol–water partition coefficient (Wildman–Crippen LogP) is 5.04. The molecule has 0 radical (unpaired) electrons. The van der Waals surface area contributed by atoms with Crippen LogP contribution in [-0.4, -0.2) is 23.2 Å². The molecular weight excluding hydrogens is 304 g/mol. The number of hydrogen-bond acceptors (Lipinski definition) is 3. The molecule has 0 aliphatic carbocycles. The van der Waals surface area contributed by atoms with Gasteiger partial charge in [0.25, 0.3) is 5.69 Å². The Morgan fingerprint density at radius 3 is 2.88 bits per heavy atom. The lowest BCUT2D eigenvalue weighted by Gasteiger charge is -2.14. The molecule has 1 unspecified atom stereocenters. The molecule has 0 N–H and O–H groups in total. The Labute approximate surface area is 143 Å². The number of ether oxygens (including phenoxy) is 1. The van der Waals surface area contributed by atoms with E-state index in [4.69, 9.17) is 4.74 Å². The largest absolute Gasteiger partial charge is 0.381 e. The summed E-state index contributed by atoms with van der Waals surface area (Å²) >= 11 is 0. The number of benzene rings is 1. The molecule has 1 aromatic carbocycles. The fourth-order valence-corrected chi connectivity index (χ4v) is 3.00. The average Bonchev–Trinajstić information content (AvgIpc) is 2.96. The molecule has 0 bridgehead atoms. The second-order valence-electron chi connectivity index (χ2n) is 6.30. The van der Waals surface area contributed by atoms with E-state index in [1.807, 2.05) is 24.4 Å². The molecular formula is C19H26N2O3. The lowest BCUT2D eigenvalue weighted by molar-refractivity contribution is -0.384. The summed E-state index contributed by atoms with van der Waals surface area (Å²) in [6.45, 7) is 5.87. The summed E-state index contributed by atoms with van der Waals surface area (Å²) in [5.41, 5.74) is 2.04. The number of unbranched alkanes of at least 4 members (excludes halogenated alkanes) is 1. The van der Waals surface area contributed by atoms with Crippen molar-refractivity contribution in [1.29, 1.82) is 0 Å². The molecule has 1 atom stereocenters. The molecule has 24 heavy (non-hydrogen) atoms. The number of rotatable bonds is 9. The molecule has 2 aromatic rings. The monoisotopic (exact) mass is 330 g/mol. The van der Waals surface area contributed by atoms with Crippen LogP contribution in [0.2, 0.25) is 0 Å². The van der Waals surface area contributed by atoms with Crippen molar-refractivity contribution in [2.24, 2.45) is 5.92 Å². The zero-order valence-corrected chi connectivity index (χ0v) is 14.7. The van der Waals surface area contributed by atoms with Crippen molar-refractivity contribution in [3.63, 3.8) is 0 Å². The maximum atomic E-state index is 11.2. The molecule has 2 rings (SSSR count). The van der Waals surface area contributed by atoms with Crippen LogP contribution in [0.1, 0.15) is 38.7 Å². The highest BCUT2D eigenvalue weighted by Crippen LogP contribution is 2.28. The van der Waals surface area contributed by atoms with E-state index in [-0.39, 0.29) is 10.6 Å². The van der Waals surface area contributed by atoms with E-state index in [1.54, 1.807) is 19.2 Å². The summed E-state index contributed by atoms with van der Waals surface area (Å²) in [7, 11) is 1.63. The van der Waals surface area contributed by atoms with Gasteiger partial charge in [-0.25, -0.2) is 0 Å². The van der Waals surface area contributed by atoms with Gasteiger partial charge in [0.05, 0.1) is 17.0 Å². The van der Waals surface area contributed by atoms with Crippen molar-refractivity contribution in [1.82, 2.24) is 4.57 Å². The molecule has 0 amide bonds. The number of nitro benzene ring substituents is 1. The quantitative estimate of drug-likeness (QED) is 0.478. The first kappa shape index (κ1) is 18.2. The minimum atomic E-state index is -0.339. The third-order valence-corrected chi connectivity index (χ3v) is 4.20. The fraction of sp³-hybridized carbons (Fsp3) is 0.474. The zero-order valence-electron chi connectivity index (χ0n) is 14.7. The van der Waals surface area contributed by atoms with Gasteiger partial charge < -0.3 is 9.30 Å². The molecule has 0 saturated carbocycles. The fourth-order valence-electron chi connectivity index (χ4n) is 3.00. The summed E-state index contributed by atoms with van der Waals surface area (Å²) < 4.78 is 7.26. The lowest BCUT2D eigenvalue weighted by Crippen LogP contribution is -2.07. The Balaban J connectivity index is 2.41. The van der Waals surface area contributed by atoms with E-state index in [0.717, 1.165) is 23.0 Å². The minimum Gasteiger partial charge on any atom is -0.381 e. The number of nitro groups is 1. The van der Waals surface area contributed by atoms with Gasteiger partial charge in [-0.1, -0.05) is 38.8 Å². The van der Waals surface area contributed by atoms with Crippen molar-refractivity contribution < 1.29 is 9.66 Å². The first-order valence-corrected chi connectivity index (χ1v) is 8.49. The first-order valence-electron chi connectivity index (χ1n) is 8.49. The molecule has 0 saturated heterocycles. The Bertz CT molecular complexity index is 719. The van der Waals surface area contributed by atoms with Crippen LogP contribution in [0, 0.1) is 16.0 Å². The van der Waals surface area contributed by atoms with Crippen molar-refractivity contribution in [3.05, 3.63) is 46.1 Å². The highest BCUT2D eigenvalue weighted by atomic mass is 16.6. The highest BCUT2D eigenvalue weighted by molar-refractivity contribution is 5.90. The van der Waals surface area contributed by atoms with Gasteiger partial charge in [0.1, 0.15) is 0 Å². The van der Waals surface area contributed by atoms with Crippen LogP contribution in [0.15, 0.2) is 30.5 Å². The van der Waals surface area contributed by atoms with Crippen LogP contribution >= 0.6 is 0 Å². The van der Waals surface area contributed by atoms with Gasteiger partial charge >= 0.3 is 0 Å². The van der Waals surface area contributed by atoms with Crippen LogP contribution in [-0.2, 0) is 11.3 Å². The van der Waals surface area contributed by atoms with Crippen LogP contribution in [0.3, 0.4) is 0 Å². The van der Waals surface area contributed by atoms with E-state index >= 15 is 0 Å². The maximum Gasteiger partial charge on any atom is 0.270 e. The molecule has 0 spiro atoms. The maximum absolute atomic E-state index is 11.2. The zero-order chi connectivity index (χ0) is 17.5. The average molecular weight is 330 g/mol. The lowest BCUT2D eigenvalue weighted by atomic mass is 10.0. The molecule has 1 heterocycles. The SMILES string of the molecule is CCCCC(C)Cn1ccc2cc([N+](=O)[O-])cc(/C=C/COC)c21. The van der Waals surface area contributed by atoms with Gasteiger partial charge in [0.2, 0.25) is 0 Å². The number of non-ortho nitro benzene ring substituents is 1. The Kier molecular flexibility index (Phi) is 6.55. The minimum absolute atomic E-state index is 0.122. The molecule has 0 aliphatic rings. The number of nitrogens with zero attached hydrogens (tertiary/aromatic N) is 2. The van der Waals surface area contributed by atoms with Gasteiger partial charge in [-0.2, -0.15) is 0 Å². The standard InChI is InChI=1S/C19H26N2O3/c1-4-5-7-15(2)14-20-10-9-17-13-18(21(22)23)12-16(19(17)20)8-6-11-24-3/h6,8-10,12-13,15H,4-5,7,11,14H2,1-3H3/b8-6+. The van der Waals surface area contributed by atoms with Gasteiger partial charge in [0.15, 0.2) is 0 Å². The van der Waals surface area contributed by atoms with Crippen molar-refractivity contribution in [2.45, 2.75) is 39.7 Å². The van der Waals surface area contributed by atoms with Crippen molar-refractivity contribution in [3.8, 4) is 0 Å². The molecule has 0 aliphatic heterocycles. The predicted molar refractivity (Wildman–Crippen MR) is 98.2 cm³/mol. The van der Waals surface area contributed by atoms with Crippen molar-refractivity contribution in [2.75, 3.05) is 13.7 Å². The summed E-state index contributed by atoms with van der Waals surface area (Å²) in [6.07, 6.45) is 9.45. The number of hydrogen-bond donors (Lipinski definition) is 0. The van der Waals surface area contributed by atoms with Crippen LogP contribution in [0.5, 0.6) is 0 Å².